The van der Waals surface area contributed by atoms with E-state index in [1.807, 2.05) is 0 Å². The number of hydrogen-bond acceptors (Lipinski definition) is 5. The number of anilines is 1. The summed E-state index contributed by atoms with van der Waals surface area (Å²) in [6, 6.07) is 0. The first kappa shape index (κ1) is 16.1. The van der Waals surface area contributed by atoms with Crippen LogP contribution in [0, 0.1) is 11.2 Å². The summed E-state index contributed by atoms with van der Waals surface area (Å²) in [7, 11) is 3.59. The SMILES string of the molecule is CN(C)C(=O)CN1CCCC2(CCN(c3ncc(F)cn3)C2)C1. The molecule has 0 radical (unpaired) electrons. The summed E-state index contributed by atoms with van der Waals surface area (Å²) in [6.45, 7) is 4.17. The molecule has 1 spiro atoms. The van der Waals surface area contributed by atoms with Crippen molar-refractivity contribution in [2.75, 3.05) is 51.7 Å². The Labute approximate surface area is 136 Å². The van der Waals surface area contributed by atoms with Crippen molar-refractivity contribution in [3.05, 3.63) is 18.2 Å². The number of nitrogens with zero attached hydrogens (tertiary/aromatic N) is 5. The Morgan fingerprint density at radius 3 is 2.70 bits per heavy atom. The molecule has 0 aliphatic carbocycles. The fourth-order valence-corrected chi connectivity index (χ4v) is 3.69. The highest BCUT2D eigenvalue weighted by atomic mass is 19.1. The van der Waals surface area contributed by atoms with Gasteiger partial charge in [-0.15, -0.1) is 0 Å². The average Bonchev–Trinajstić information content (AvgIpc) is 2.91. The van der Waals surface area contributed by atoms with E-state index < -0.39 is 5.82 Å². The van der Waals surface area contributed by atoms with E-state index in [9.17, 15) is 9.18 Å². The van der Waals surface area contributed by atoms with Crippen LogP contribution in [-0.2, 0) is 4.79 Å². The van der Waals surface area contributed by atoms with Gasteiger partial charge in [-0.25, -0.2) is 14.4 Å². The largest absolute Gasteiger partial charge is 0.348 e. The number of aromatic nitrogens is 2. The number of halogens is 1. The monoisotopic (exact) mass is 321 g/mol. The predicted molar refractivity (Wildman–Crippen MR) is 85.6 cm³/mol. The minimum atomic E-state index is -0.409. The summed E-state index contributed by atoms with van der Waals surface area (Å²) >= 11 is 0. The van der Waals surface area contributed by atoms with Crippen molar-refractivity contribution in [1.29, 1.82) is 0 Å². The second kappa shape index (κ2) is 6.39. The highest BCUT2D eigenvalue weighted by molar-refractivity contribution is 5.77. The molecule has 1 unspecified atom stereocenters. The van der Waals surface area contributed by atoms with Crippen molar-refractivity contribution in [1.82, 2.24) is 19.8 Å². The molecule has 0 bridgehead atoms. The van der Waals surface area contributed by atoms with Crippen LogP contribution in [0.3, 0.4) is 0 Å². The van der Waals surface area contributed by atoms with Crippen LogP contribution in [0.15, 0.2) is 12.4 Å². The van der Waals surface area contributed by atoms with Crippen molar-refractivity contribution < 1.29 is 9.18 Å². The van der Waals surface area contributed by atoms with Crippen LogP contribution in [0.25, 0.3) is 0 Å². The van der Waals surface area contributed by atoms with Gasteiger partial charge in [-0.1, -0.05) is 0 Å². The van der Waals surface area contributed by atoms with Crippen molar-refractivity contribution in [2.24, 2.45) is 5.41 Å². The second-order valence-electron chi connectivity index (χ2n) is 6.98. The van der Waals surface area contributed by atoms with Crippen LogP contribution in [0.5, 0.6) is 0 Å². The Morgan fingerprint density at radius 2 is 2.00 bits per heavy atom. The molecule has 3 heterocycles. The quantitative estimate of drug-likeness (QED) is 0.831. The van der Waals surface area contributed by atoms with Crippen molar-refractivity contribution in [3.63, 3.8) is 0 Å². The van der Waals surface area contributed by atoms with E-state index in [1.165, 1.54) is 12.4 Å². The lowest BCUT2D eigenvalue weighted by atomic mass is 9.79. The number of carbonyl (C=O) groups excluding carboxylic acids is 1. The molecular formula is C16H24FN5O. The van der Waals surface area contributed by atoms with E-state index >= 15 is 0 Å². The van der Waals surface area contributed by atoms with Gasteiger partial charge < -0.3 is 9.80 Å². The topological polar surface area (TPSA) is 52.6 Å². The molecule has 6 nitrogen and oxygen atoms in total. The summed E-state index contributed by atoms with van der Waals surface area (Å²) in [4.78, 5) is 26.2. The Morgan fingerprint density at radius 1 is 1.26 bits per heavy atom. The van der Waals surface area contributed by atoms with Gasteiger partial charge in [0.05, 0.1) is 18.9 Å². The van der Waals surface area contributed by atoms with Gasteiger partial charge in [-0.05, 0) is 25.8 Å². The van der Waals surface area contributed by atoms with Crippen molar-refractivity contribution in [3.8, 4) is 0 Å². The Bertz CT molecular complexity index is 564. The van der Waals surface area contributed by atoms with E-state index in [0.717, 1.165) is 45.4 Å². The van der Waals surface area contributed by atoms with E-state index in [4.69, 9.17) is 0 Å². The van der Waals surface area contributed by atoms with Gasteiger partial charge in [0.25, 0.3) is 0 Å². The number of carbonyl (C=O) groups is 1. The minimum Gasteiger partial charge on any atom is -0.348 e. The van der Waals surface area contributed by atoms with E-state index in [-0.39, 0.29) is 11.3 Å². The molecule has 2 fully saturated rings. The molecule has 3 rings (SSSR count). The smallest absolute Gasteiger partial charge is 0.236 e. The normalized spacial score (nSPS) is 25.1. The molecule has 2 aliphatic rings. The first-order chi connectivity index (χ1) is 11.0. The Balaban J connectivity index is 1.64. The standard InChI is InChI=1S/C16H24FN5O/c1-20(2)14(23)10-21-6-3-4-16(11-21)5-7-22(12-16)15-18-8-13(17)9-19-15/h8-9H,3-7,10-12H2,1-2H3. The molecular weight excluding hydrogens is 297 g/mol. The molecule has 1 amide bonds. The average molecular weight is 321 g/mol. The fourth-order valence-electron chi connectivity index (χ4n) is 3.69. The maximum absolute atomic E-state index is 13.0. The summed E-state index contributed by atoms with van der Waals surface area (Å²) < 4.78 is 13.0. The number of amides is 1. The zero-order chi connectivity index (χ0) is 16.4. The Kier molecular flexibility index (Phi) is 4.48. The van der Waals surface area contributed by atoms with Crippen LogP contribution < -0.4 is 4.90 Å². The Hall–Kier alpha value is -1.76. The zero-order valence-electron chi connectivity index (χ0n) is 13.8. The summed E-state index contributed by atoms with van der Waals surface area (Å²) in [5.74, 6) is 0.345. The zero-order valence-corrected chi connectivity index (χ0v) is 13.8. The first-order valence-electron chi connectivity index (χ1n) is 8.12. The maximum Gasteiger partial charge on any atom is 0.236 e. The van der Waals surface area contributed by atoms with Gasteiger partial charge in [0.1, 0.15) is 0 Å². The molecule has 2 saturated heterocycles. The molecule has 126 valence electrons. The second-order valence-corrected chi connectivity index (χ2v) is 6.98. The molecule has 1 atom stereocenters. The van der Waals surface area contributed by atoms with Crippen LogP contribution >= 0.6 is 0 Å². The third-order valence-electron chi connectivity index (χ3n) is 4.93. The summed E-state index contributed by atoms with van der Waals surface area (Å²) in [5.41, 5.74) is 0.197. The third-order valence-corrected chi connectivity index (χ3v) is 4.93. The van der Waals surface area contributed by atoms with Gasteiger partial charge in [-0.3, -0.25) is 9.69 Å². The van der Waals surface area contributed by atoms with E-state index in [1.54, 1.807) is 19.0 Å². The van der Waals surface area contributed by atoms with Crippen LogP contribution in [0.2, 0.25) is 0 Å². The van der Waals surface area contributed by atoms with Crippen LogP contribution in [-0.4, -0.2) is 72.5 Å². The van der Waals surface area contributed by atoms with Gasteiger partial charge in [-0.2, -0.15) is 0 Å². The number of likely N-dealkylation sites (N-methyl/N-ethyl adjacent to an activating group) is 1. The summed E-state index contributed by atoms with van der Waals surface area (Å²) in [5, 5.41) is 0. The van der Waals surface area contributed by atoms with Gasteiger partial charge >= 0.3 is 0 Å². The summed E-state index contributed by atoms with van der Waals surface area (Å²) in [6.07, 6.45) is 5.78. The number of rotatable bonds is 3. The van der Waals surface area contributed by atoms with E-state index in [2.05, 4.69) is 19.8 Å². The van der Waals surface area contributed by atoms with Gasteiger partial charge in [0, 0.05) is 39.1 Å². The molecule has 0 saturated carbocycles. The highest BCUT2D eigenvalue weighted by Gasteiger charge is 2.42. The molecule has 1 aromatic rings. The number of likely N-dealkylation sites (tertiary alicyclic amines) is 1. The lowest BCUT2D eigenvalue weighted by Gasteiger charge is -2.40. The third kappa shape index (κ3) is 3.60. The lowest BCUT2D eigenvalue weighted by molar-refractivity contribution is -0.130. The molecule has 7 heteroatoms. The maximum atomic E-state index is 13.0. The molecule has 0 aromatic carbocycles. The van der Waals surface area contributed by atoms with Crippen molar-refractivity contribution in [2.45, 2.75) is 19.3 Å². The molecule has 0 N–H and O–H groups in total. The van der Waals surface area contributed by atoms with Gasteiger partial charge in [0.15, 0.2) is 5.82 Å². The highest BCUT2D eigenvalue weighted by Crippen LogP contribution is 2.39. The predicted octanol–water partition coefficient (Wildman–Crippen LogP) is 0.996. The lowest BCUT2D eigenvalue weighted by Crippen LogP contribution is -2.48. The van der Waals surface area contributed by atoms with Gasteiger partial charge in [0.2, 0.25) is 11.9 Å². The minimum absolute atomic E-state index is 0.152. The van der Waals surface area contributed by atoms with Crippen LogP contribution in [0.1, 0.15) is 19.3 Å². The number of piperidine rings is 1. The molecule has 2 aliphatic heterocycles. The fraction of sp³-hybridized carbons (Fsp3) is 0.688. The first-order valence-corrected chi connectivity index (χ1v) is 8.12. The van der Waals surface area contributed by atoms with Crippen molar-refractivity contribution >= 4 is 11.9 Å². The molecule has 23 heavy (non-hydrogen) atoms. The number of hydrogen-bond donors (Lipinski definition) is 0. The van der Waals surface area contributed by atoms with E-state index in [0.29, 0.717) is 12.5 Å². The van der Waals surface area contributed by atoms with Crippen LogP contribution in [0.4, 0.5) is 10.3 Å². The molecule has 1 aromatic heterocycles.